The van der Waals surface area contributed by atoms with Gasteiger partial charge in [0.25, 0.3) is 0 Å². The fourth-order valence-electron chi connectivity index (χ4n) is 3.03. The van der Waals surface area contributed by atoms with Crippen LogP contribution in [0.15, 0.2) is 18.2 Å². The lowest BCUT2D eigenvalue weighted by Crippen LogP contribution is -2.44. The molecule has 1 aromatic carbocycles. The normalized spacial score (nSPS) is 23.2. The van der Waals surface area contributed by atoms with Crippen molar-refractivity contribution in [3.05, 3.63) is 33.8 Å². The highest BCUT2D eigenvalue weighted by atomic mass is 35.5. The highest BCUT2D eigenvalue weighted by molar-refractivity contribution is 6.33. The Morgan fingerprint density at radius 2 is 2.00 bits per heavy atom. The summed E-state index contributed by atoms with van der Waals surface area (Å²) in [5.41, 5.74) is 1.15. The van der Waals surface area contributed by atoms with Crippen molar-refractivity contribution in [3.8, 4) is 0 Å². The Morgan fingerprint density at radius 3 is 2.70 bits per heavy atom. The van der Waals surface area contributed by atoms with Gasteiger partial charge in [0, 0.05) is 35.2 Å². The first-order chi connectivity index (χ1) is 9.72. The van der Waals surface area contributed by atoms with Crippen molar-refractivity contribution in [2.45, 2.75) is 50.7 Å². The van der Waals surface area contributed by atoms with Gasteiger partial charge < -0.3 is 5.32 Å². The standard InChI is InChI=1S/C16H22Cl2N2/c17-13-4-7-16(18)12(9-13)10-20(15-5-6-15)11-14-3-1-2-8-19-14/h4,7,9,14-15,19H,1-3,5-6,8,10-11H2. The van der Waals surface area contributed by atoms with E-state index in [2.05, 4.69) is 10.2 Å². The van der Waals surface area contributed by atoms with Crippen LogP contribution in [0.4, 0.5) is 0 Å². The third-order valence-electron chi connectivity index (χ3n) is 4.31. The molecule has 0 radical (unpaired) electrons. The van der Waals surface area contributed by atoms with Gasteiger partial charge in [0.15, 0.2) is 0 Å². The summed E-state index contributed by atoms with van der Waals surface area (Å²) >= 11 is 12.4. The van der Waals surface area contributed by atoms with Gasteiger partial charge in [-0.2, -0.15) is 0 Å². The molecule has 3 rings (SSSR count). The molecule has 1 aliphatic heterocycles. The van der Waals surface area contributed by atoms with E-state index >= 15 is 0 Å². The predicted molar refractivity (Wildman–Crippen MR) is 85.5 cm³/mol. The minimum atomic E-state index is 0.641. The molecule has 1 unspecified atom stereocenters. The second-order valence-corrected chi connectivity index (χ2v) is 6.89. The summed E-state index contributed by atoms with van der Waals surface area (Å²) in [6.07, 6.45) is 6.62. The van der Waals surface area contributed by atoms with Crippen molar-refractivity contribution < 1.29 is 0 Å². The maximum Gasteiger partial charge on any atom is 0.0452 e. The summed E-state index contributed by atoms with van der Waals surface area (Å²) in [7, 11) is 0. The molecule has 0 amide bonds. The molecule has 1 aliphatic carbocycles. The number of piperidine rings is 1. The quantitative estimate of drug-likeness (QED) is 0.880. The second-order valence-electron chi connectivity index (χ2n) is 6.04. The van der Waals surface area contributed by atoms with E-state index < -0.39 is 0 Å². The van der Waals surface area contributed by atoms with E-state index in [1.54, 1.807) is 0 Å². The van der Waals surface area contributed by atoms with Gasteiger partial charge in [-0.3, -0.25) is 4.90 Å². The van der Waals surface area contributed by atoms with Gasteiger partial charge in [0.05, 0.1) is 0 Å². The molecule has 1 atom stereocenters. The zero-order chi connectivity index (χ0) is 13.9. The molecule has 0 bridgehead atoms. The molecule has 1 saturated heterocycles. The molecule has 1 heterocycles. The molecule has 110 valence electrons. The van der Waals surface area contributed by atoms with Gasteiger partial charge in [0.1, 0.15) is 0 Å². The number of hydrogen-bond donors (Lipinski definition) is 1. The van der Waals surface area contributed by atoms with Crippen LogP contribution in [-0.2, 0) is 6.54 Å². The van der Waals surface area contributed by atoms with E-state index in [4.69, 9.17) is 23.2 Å². The molecule has 1 N–H and O–H groups in total. The van der Waals surface area contributed by atoms with Gasteiger partial charge >= 0.3 is 0 Å². The monoisotopic (exact) mass is 312 g/mol. The summed E-state index contributed by atoms with van der Waals surface area (Å²) in [6, 6.07) is 7.16. The Bertz CT molecular complexity index is 454. The van der Waals surface area contributed by atoms with Crippen molar-refractivity contribution in [1.82, 2.24) is 10.2 Å². The smallest absolute Gasteiger partial charge is 0.0452 e. The van der Waals surface area contributed by atoms with E-state index in [0.717, 1.165) is 34.7 Å². The molecule has 1 saturated carbocycles. The van der Waals surface area contributed by atoms with Crippen molar-refractivity contribution in [2.24, 2.45) is 0 Å². The van der Waals surface area contributed by atoms with Gasteiger partial charge in [-0.15, -0.1) is 0 Å². The maximum atomic E-state index is 6.31. The van der Waals surface area contributed by atoms with E-state index in [1.165, 1.54) is 38.6 Å². The maximum absolute atomic E-state index is 6.31. The van der Waals surface area contributed by atoms with Gasteiger partial charge in [-0.25, -0.2) is 0 Å². The van der Waals surface area contributed by atoms with E-state index in [0.29, 0.717) is 6.04 Å². The zero-order valence-electron chi connectivity index (χ0n) is 11.7. The summed E-state index contributed by atoms with van der Waals surface area (Å²) < 4.78 is 0. The third kappa shape index (κ3) is 3.88. The first-order valence-electron chi connectivity index (χ1n) is 7.64. The lowest BCUT2D eigenvalue weighted by Gasteiger charge is -2.31. The van der Waals surface area contributed by atoms with Crippen molar-refractivity contribution in [2.75, 3.05) is 13.1 Å². The van der Waals surface area contributed by atoms with Gasteiger partial charge in [-0.1, -0.05) is 29.6 Å². The number of nitrogens with one attached hydrogen (secondary N) is 1. The first kappa shape index (κ1) is 14.6. The third-order valence-corrected chi connectivity index (χ3v) is 4.92. The molecular formula is C16H22Cl2N2. The summed E-state index contributed by atoms with van der Waals surface area (Å²) in [5.74, 6) is 0. The molecule has 20 heavy (non-hydrogen) atoms. The van der Waals surface area contributed by atoms with E-state index in [9.17, 15) is 0 Å². The van der Waals surface area contributed by atoms with Crippen LogP contribution >= 0.6 is 23.2 Å². The Morgan fingerprint density at radius 1 is 1.15 bits per heavy atom. The molecule has 1 aromatic rings. The van der Waals surface area contributed by atoms with Crippen LogP contribution in [0.1, 0.15) is 37.7 Å². The Labute approximate surface area is 131 Å². The van der Waals surface area contributed by atoms with E-state index in [1.807, 2.05) is 18.2 Å². The minimum absolute atomic E-state index is 0.641. The minimum Gasteiger partial charge on any atom is -0.313 e. The molecule has 0 aromatic heterocycles. The lowest BCUT2D eigenvalue weighted by atomic mass is 10.0. The van der Waals surface area contributed by atoms with Gasteiger partial charge in [0.2, 0.25) is 0 Å². The average Bonchev–Trinajstić information content (AvgIpc) is 3.28. The number of hydrogen-bond acceptors (Lipinski definition) is 2. The molecule has 2 aliphatic rings. The number of nitrogens with zero attached hydrogens (tertiary/aromatic N) is 1. The summed E-state index contributed by atoms with van der Waals surface area (Å²) in [4.78, 5) is 2.58. The van der Waals surface area contributed by atoms with Crippen LogP contribution in [0, 0.1) is 0 Å². The largest absolute Gasteiger partial charge is 0.313 e. The van der Waals surface area contributed by atoms with Crippen LogP contribution in [0.5, 0.6) is 0 Å². The highest BCUT2D eigenvalue weighted by Gasteiger charge is 2.31. The molecular weight excluding hydrogens is 291 g/mol. The predicted octanol–water partition coefficient (Wildman–Crippen LogP) is 4.10. The Hall–Kier alpha value is -0.280. The summed E-state index contributed by atoms with van der Waals surface area (Å²) in [6.45, 7) is 3.22. The van der Waals surface area contributed by atoms with Crippen molar-refractivity contribution >= 4 is 23.2 Å². The number of benzene rings is 1. The number of rotatable bonds is 5. The lowest BCUT2D eigenvalue weighted by molar-refractivity contribution is 0.208. The first-order valence-corrected chi connectivity index (χ1v) is 8.39. The van der Waals surface area contributed by atoms with Crippen LogP contribution < -0.4 is 5.32 Å². The molecule has 2 nitrogen and oxygen atoms in total. The van der Waals surface area contributed by atoms with Crippen LogP contribution in [-0.4, -0.2) is 30.1 Å². The van der Waals surface area contributed by atoms with Crippen LogP contribution in [0.2, 0.25) is 10.0 Å². The van der Waals surface area contributed by atoms with Crippen molar-refractivity contribution in [3.63, 3.8) is 0 Å². The van der Waals surface area contributed by atoms with Crippen molar-refractivity contribution in [1.29, 1.82) is 0 Å². The fraction of sp³-hybridized carbons (Fsp3) is 0.625. The topological polar surface area (TPSA) is 15.3 Å². The molecule has 2 fully saturated rings. The SMILES string of the molecule is Clc1ccc(Cl)c(CN(CC2CCCCN2)C2CC2)c1. The fourth-order valence-corrected chi connectivity index (χ4v) is 3.40. The van der Waals surface area contributed by atoms with E-state index in [-0.39, 0.29) is 0 Å². The molecule has 0 spiro atoms. The number of halogens is 2. The Kier molecular flexibility index (Phi) is 4.87. The average molecular weight is 313 g/mol. The summed E-state index contributed by atoms with van der Waals surface area (Å²) in [5, 5.41) is 5.25. The zero-order valence-corrected chi connectivity index (χ0v) is 13.3. The van der Waals surface area contributed by atoms with Crippen LogP contribution in [0.3, 0.4) is 0 Å². The Balaban J connectivity index is 1.66. The second kappa shape index (κ2) is 6.65. The highest BCUT2D eigenvalue weighted by Crippen LogP contribution is 2.31. The molecule has 4 heteroatoms. The van der Waals surface area contributed by atoms with Crippen LogP contribution in [0.25, 0.3) is 0 Å². The van der Waals surface area contributed by atoms with Gasteiger partial charge in [-0.05, 0) is 56.0 Å².